The number of carboxylic acids is 1. The summed E-state index contributed by atoms with van der Waals surface area (Å²) < 4.78 is 0. The third-order valence-corrected chi connectivity index (χ3v) is 2.95. The zero-order valence-electron chi connectivity index (χ0n) is 7.15. The molecule has 1 aromatic heterocycles. The molecule has 1 atom stereocenters. The molecule has 1 aromatic rings. The summed E-state index contributed by atoms with van der Waals surface area (Å²) in [6, 6.07) is 0. The van der Waals surface area contributed by atoms with Crippen molar-refractivity contribution in [2.24, 2.45) is 0 Å². The van der Waals surface area contributed by atoms with E-state index in [1.54, 1.807) is 0 Å². The van der Waals surface area contributed by atoms with Crippen molar-refractivity contribution < 1.29 is 9.90 Å². The first kappa shape index (κ1) is 11.1. The standard InChI is InChI=1S/C7H7ClN2O3S/c1-3(7(12)13)14-6-4(8)5(11)9-2-10-6/h2-3H,1H3,(H,12,13)(H,9,10,11). The Hall–Kier alpha value is -1.01. The fraction of sp³-hybridized carbons (Fsp3) is 0.286. The van der Waals surface area contributed by atoms with Gasteiger partial charge in [0.15, 0.2) is 0 Å². The Kier molecular flexibility index (Phi) is 3.54. The molecule has 0 amide bonds. The third-order valence-electron chi connectivity index (χ3n) is 1.40. The number of aromatic amines is 1. The fourth-order valence-electron chi connectivity index (χ4n) is 0.667. The Bertz CT molecular complexity index is 406. The summed E-state index contributed by atoms with van der Waals surface area (Å²) in [7, 11) is 0. The molecule has 0 aliphatic carbocycles. The van der Waals surface area contributed by atoms with E-state index in [1.165, 1.54) is 13.3 Å². The van der Waals surface area contributed by atoms with Crippen LogP contribution in [-0.2, 0) is 4.79 Å². The summed E-state index contributed by atoms with van der Waals surface area (Å²) in [6.07, 6.45) is 1.19. The summed E-state index contributed by atoms with van der Waals surface area (Å²) in [4.78, 5) is 27.6. The largest absolute Gasteiger partial charge is 0.480 e. The van der Waals surface area contributed by atoms with E-state index >= 15 is 0 Å². The lowest BCUT2D eigenvalue weighted by Gasteiger charge is -2.05. The molecular formula is C7H7ClN2O3S. The number of hydrogen-bond donors (Lipinski definition) is 2. The van der Waals surface area contributed by atoms with Crippen LogP contribution in [0.5, 0.6) is 0 Å². The van der Waals surface area contributed by atoms with Crippen LogP contribution in [0.25, 0.3) is 0 Å². The van der Waals surface area contributed by atoms with E-state index in [-0.39, 0.29) is 10.0 Å². The van der Waals surface area contributed by atoms with E-state index in [4.69, 9.17) is 16.7 Å². The smallest absolute Gasteiger partial charge is 0.316 e. The number of carbonyl (C=O) groups is 1. The van der Waals surface area contributed by atoms with Gasteiger partial charge in [-0.05, 0) is 6.92 Å². The number of aromatic nitrogens is 2. The van der Waals surface area contributed by atoms with Crippen molar-refractivity contribution >= 4 is 29.3 Å². The van der Waals surface area contributed by atoms with E-state index in [9.17, 15) is 9.59 Å². The average molecular weight is 235 g/mol. The predicted octanol–water partition coefficient (Wildman–Crippen LogP) is 0.988. The number of halogens is 1. The summed E-state index contributed by atoms with van der Waals surface area (Å²) in [6.45, 7) is 1.49. The van der Waals surface area contributed by atoms with Gasteiger partial charge in [-0.25, -0.2) is 4.98 Å². The number of thioether (sulfide) groups is 1. The fourth-order valence-corrected chi connectivity index (χ4v) is 1.65. The van der Waals surface area contributed by atoms with Gasteiger partial charge < -0.3 is 10.1 Å². The minimum atomic E-state index is -0.979. The van der Waals surface area contributed by atoms with Gasteiger partial charge in [-0.1, -0.05) is 23.4 Å². The van der Waals surface area contributed by atoms with Gasteiger partial charge in [-0.3, -0.25) is 9.59 Å². The molecule has 1 unspecified atom stereocenters. The van der Waals surface area contributed by atoms with Crippen LogP contribution in [0.3, 0.4) is 0 Å². The molecule has 0 saturated carbocycles. The zero-order valence-corrected chi connectivity index (χ0v) is 8.72. The molecule has 76 valence electrons. The van der Waals surface area contributed by atoms with E-state index < -0.39 is 16.8 Å². The van der Waals surface area contributed by atoms with Crippen LogP contribution >= 0.6 is 23.4 Å². The van der Waals surface area contributed by atoms with Crippen molar-refractivity contribution in [3.63, 3.8) is 0 Å². The second-order valence-corrected chi connectivity index (χ2v) is 4.16. The van der Waals surface area contributed by atoms with Crippen molar-refractivity contribution in [1.29, 1.82) is 0 Å². The minimum Gasteiger partial charge on any atom is -0.480 e. The van der Waals surface area contributed by atoms with Gasteiger partial charge in [-0.2, -0.15) is 0 Å². The second-order valence-electron chi connectivity index (χ2n) is 2.45. The number of nitrogens with zero attached hydrogens (tertiary/aromatic N) is 1. The van der Waals surface area contributed by atoms with E-state index in [2.05, 4.69) is 9.97 Å². The van der Waals surface area contributed by atoms with Crippen LogP contribution in [0.15, 0.2) is 16.1 Å². The Morgan fingerprint density at radius 2 is 2.43 bits per heavy atom. The number of hydrogen-bond acceptors (Lipinski definition) is 4. The normalized spacial score (nSPS) is 12.4. The summed E-state index contributed by atoms with van der Waals surface area (Å²) in [5.74, 6) is -0.979. The molecule has 2 N–H and O–H groups in total. The molecular weight excluding hydrogens is 228 g/mol. The van der Waals surface area contributed by atoms with Crippen molar-refractivity contribution in [1.82, 2.24) is 9.97 Å². The number of rotatable bonds is 3. The van der Waals surface area contributed by atoms with Gasteiger partial charge in [0.25, 0.3) is 5.56 Å². The third kappa shape index (κ3) is 2.49. The predicted molar refractivity (Wildman–Crippen MR) is 52.8 cm³/mol. The Morgan fingerprint density at radius 1 is 1.79 bits per heavy atom. The van der Waals surface area contributed by atoms with Crippen LogP contribution in [-0.4, -0.2) is 26.3 Å². The first-order chi connectivity index (χ1) is 6.52. The highest BCUT2D eigenvalue weighted by Crippen LogP contribution is 2.25. The summed E-state index contributed by atoms with van der Waals surface area (Å²) in [5.41, 5.74) is -0.471. The molecule has 0 saturated heterocycles. The van der Waals surface area contributed by atoms with Gasteiger partial charge in [-0.15, -0.1) is 0 Å². The lowest BCUT2D eigenvalue weighted by atomic mass is 10.5. The molecule has 0 aromatic carbocycles. The van der Waals surface area contributed by atoms with Gasteiger partial charge in [0, 0.05) is 0 Å². The monoisotopic (exact) mass is 234 g/mol. The minimum absolute atomic E-state index is 0.0781. The van der Waals surface area contributed by atoms with E-state index in [1.807, 2.05) is 0 Å². The summed E-state index contributed by atoms with van der Waals surface area (Å²) in [5, 5.41) is 8.08. The molecule has 0 radical (unpaired) electrons. The lowest BCUT2D eigenvalue weighted by molar-refractivity contribution is -0.136. The lowest BCUT2D eigenvalue weighted by Crippen LogP contribution is -2.14. The number of carboxylic acid groups (broad SMARTS) is 1. The number of aliphatic carboxylic acids is 1. The van der Waals surface area contributed by atoms with Gasteiger partial charge >= 0.3 is 5.97 Å². The van der Waals surface area contributed by atoms with Gasteiger partial charge in [0.05, 0.1) is 6.33 Å². The quantitative estimate of drug-likeness (QED) is 0.602. The number of nitrogens with one attached hydrogen (secondary N) is 1. The van der Waals surface area contributed by atoms with Crippen LogP contribution < -0.4 is 5.56 Å². The first-order valence-electron chi connectivity index (χ1n) is 3.65. The van der Waals surface area contributed by atoms with Gasteiger partial charge in [0.2, 0.25) is 0 Å². The highest BCUT2D eigenvalue weighted by atomic mass is 35.5. The van der Waals surface area contributed by atoms with Crippen molar-refractivity contribution in [2.45, 2.75) is 17.2 Å². The highest BCUT2D eigenvalue weighted by Gasteiger charge is 2.16. The SMILES string of the molecule is CC(Sc1nc[nH]c(=O)c1Cl)C(=O)O. The molecule has 0 bridgehead atoms. The molecule has 0 spiro atoms. The van der Waals surface area contributed by atoms with Crippen LogP contribution in [0.2, 0.25) is 5.02 Å². The molecule has 0 aliphatic heterocycles. The van der Waals surface area contributed by atoms with Crippen LogP contribution in [0.4, 0.5) is 0 Å². The van der Waals surface area contributed by atoms with Crippen LogP contribution in [0, 0.1) is 0 Å². The van der Waals surface area contributed by atoms with E-state index in [0.717, 1.165) is 11.8 Å². The molecule has 1 heterocycles. The maximum absolute atomic E-state index is 11.0. The average Bonchev–Trinajstić information content (AvgIpc) is 2.12. The highest BCUT2D eigenvalue weighted by molar-refractivity contribution is 8.00. The Balaban J connectivity index is 2.92. The van der Waals surface area contributed by atoms with Crippen molar-refractivity contribution in [3.8, 4) is 0 Å². The molecule has 1 rings (SSSR count). The van der Waals surface area contributed by atoms with Crippen molar-refractivity contribution in [2.75, 3.05) is 0 Å². The first-order valence-corrected chi connectivity index (χ1v) is 4.90. The Labute approximate surface area is 88.5 Å². The van der Waals surface area contributed by atoms with Gasteiger partial charge in [0.1, 0.15) is 15.3 Å². The number of H-pyrrole nitrogens is 1. The Morgan fingerprint density at radius 3 is 3.00 bits per heavy atom. The molecule has 14 heavy (non-hydrogen) atoms. The molecule has 0 aliphatic rings. The maximum atomic E-state index is 11.0. The summed E-state index contributed by atoms with van der Waals surface area (Å²) >= 11 is 6.55. The topological polar surface area (TPSA) is 83.0 Å². The molecule has 0 fully saturated rings. The van der Waals surface area contributed by atoms with E-state index in [0.29, 0.717) is 0 Å². The molecule has 5 nitrogen and oxygen atoms in total. The molecule has 7 heteroatoms. The second kappa shape index (κ2) is 4.47. The zero-order chi connectivity index (χ0) is 10.7. The maximum Gasteiger partial charge on any atom is 0.316 e. The van der Waals surface area contributed by atoms with Crippen LogP contribution in [0.1, 0.15) is 6.92 Å². The van der Waals surface area contributed by atoms with Crippen molar-refractivity contribution in [3.05, 3.63) is 21.7 Å².